The highest BCUT2D eigenvalue weighted by atomic mass is 32.2. The Bertz CT molecular complexity index is 1530. The Kier molecular flexibility index (Phi) is 9.35. The van der Waals surface area contributed by atoms with Crippen molar-refractivity contribution < 1.29 is 17.9 Å². The number of anilines is 1. The van der Waals surface area contributed by atoms with Crippen LogP contribution in [0.4, 0.5) is 5.69 Å². The molecule has 0 aliphatic heterocycles. The zero-order valence-corrected chi connectivity index (χ0v) is 23.6. The molecular formula is C32H33N3O4S. The highest BCUT2D eigenvalue weighted by Crippen LogP contribution is 2.26. The Morgan fingerprint density at radius 3 is 2.17 bits per heavy atom. The average molecular weight is 556 g/mol. The predicted molar refractivity (Wildman–Crippen MR) is 159 cm³/mol. The van der Waals surface area contributed by atoms with Crippen LogP contribution in [0.15, 0.2) is 113 Å². The number of aryl methyl sites for hydroxylation is 1. The molecule has 0 aliphatic carbocycles. The summed E-state index contributed by atoms with van der Waals surface area (Å²) in [7, 11) is -4.00. The molecule has 4 rings (SSSR count). The molecule has 40 heavy (non-hydrogen) atoms. The smallest absolute Gasteiger partial charge is 0.264 e. The maximum absolute atomic E-state index is 13.6. The Morgan fingerprint density at radius 1 is 0.900 bits per heavy atom. The van der Waals surface area contributed by atoms with Crippen LogP contribution in [0.2, 0.25) is 0 Å². The predicted octanol–water partition coefficient (Wildman–Crippen LogP) is 6.04. The molecule has 1 N–H and O–H groups in total. The van der Waals surface area contributed by atoms with Crippen LogP contribution in [-0.4, -0.2) is 27.1 Å². The van der Waals surface area contributed by atoms with Gasteiger partial charge in [0.15, 0.2) is 0 Å². The van der Waals surface area contributed by atoms with Crippen LogP contribution < -0.4 is 14.5 Å². The number of hydrazone groups is 1. The number of hydrogen-bond acceptors (Lipinski definition) is 5. The van der Waals surface area contributed by atoms with E-state index in [1.165, 1.54) is 6.21 Å². The molecule has 4 aromatic carbocycles. The van der Waals surface area contributed by atoms with Crippen molar-refractivity contribution in [3.05, 3.63) is 125 Å². The lowest BCUT2D eigenvalue weighted by atomic mass is 10.0. The molecule has 0 radical (unpaired) electrons. The summed E-state index contributed by atoms with van der Waals surface area (Å²) in [5.41, 5.74) is 6.68. The van der Waals surface area contributed by atoms with E-state index in [1.54, 1.807) is 36.4 Å². The third-order valence-electron chi connectivity index (χ3n) is 6.28. The molecular weight excluding hydrogens is 522 g/mol. The summed E-state index contributed by atoms with van der Waals surface area (Å²) in [4.78, 5) is 13.0. The zero-order chi connectivity index (χ0) is 28.5. The van der Waals surface area contributed by atoms with E-state index in [9.17, 15) is 13.2 Å². The number of rotatable bonds is 11. The SMILES string of the molecule is Cc1ccc(S(=O)(=O)N(CC(=O)N/N=C\c2ccc(OCc3ccccc3)cc2)c2ccc(C(C)C)cc2)cc1. The molecule has 4 aromatic rings. The van der Waals surface area contributed by atoms with Crippen LogP contribution in [0, 0.1) is 6.92 Å². The Morgan fingerprint density at radius 2 is 1.55 bits per heavy atom. The van der Waals surface area contributed by atoms with E-state index < -0.39 is 22.5 Å². The summed E-state index contributed by atoms with van der Waals surface area (Å²) >= 11 is 0. The highest BCUT2D eigenvalue weighted by Gasteiger charge is 2.27. The quantitative estimate of drug-likeness (QED) is 0.180. The fourth-order valence-electron chi connectivity index (χ4n) is 3.91. The summed E-state index contributed by atoms with van der Waals surface area (Å²) in [6, 6.07) is 30.9. The topological polar surface area (TPSA) is 88.1 Å². The van der Waals surface area contributed by atoms with Gasteiger partial charge in [0, 0.05) is 0 Å². The monoisotopic (exact) mass is 555 g/mol. The van der Waals surface area contributed by atoms with E-state index >= 15 is 0 Å². The first-order chi connectivity index (χ1) is 19.2. The number of ether oxygens (including phenoxy) is 1. The second kappa shape index (κ2) is 13.1. The minimum atomic E-state index is -4.00. The van der Waals surface area contributed by atoms with Crippen molar-refractivity contribution in [1.29, 1.82) is 0 Å². The minimum Gasteiger partial charge on any atom is -0.489 e. The molecule has 8 heteroatoms. The molecule has 0 aromatic heterocycles. The van der Waals surface area contributed by atoms with Gasteiger partial charge in [0.05, 0.1) is 16.8 Å². The van der Waals surface area contributed by atoms with Crippen LogP contribution in [-0.2, 0) is 21.4 Å². The summed E-state index contributed by atoms with van der Waals surface area (Å²) in [5.74, 6) is 0.437. The molecule has 1 amide bonds. The maximum Gasteiger partial charge on any atom is 0.264 e. The van der Waals surface area contributed by atoms with Crippen molar-refractivity contribution in [2.45, 2.75) is 38.2 Å². The summed E-state index contributed by atoms with van der Waals surface area (Å²) in [6.45, 7) is 6.04. The number of hydrogen-bond donors (Lipinski definition) is 1. The Labute approximate surface area is 236 Å². The third-order valence-corrected chi connectivity index (χ3v) is 8.06. The van der Waals surface area contributed by atoms with E-state index in [4.69, 9.17) is 4.74 Å². The summed E-state index contributed by atoms with van der Waals surface area (Å²) in [5, 5.41) is 4.03. The molecule has 0 atom stereocenters. The van der Waals surface area contributed by atoms with Gasteiger partial charge in [-0.2, -0.15) is 5.10 Å². The largest absolute Gasteiger partial charge is 0.489 e. The number of carbonyl (C=O) groups excluding carboxylic acids is 1. The standard InChI is InChI=1S/C32H33N3O4S/c1-24(2)28-13-15-29(16-14-28)35(40(37,38)31-19-9-25(3)10-20-31)22-32(36)34-33-21-26-11-17-30(18-12-26)39-23-27-7-5-4-6-8-27/h4-21,24H,22-23H2,1-3H3,(H,34,36)/b33-21-. The normalized spacial score (nSPS) is 11.5. The molecule has 0 fully saturated rings. The maximum atomic E-state index is 13.6. The van der Waals surface area contributed by atoms with E-state index in [0.717, 1.165) is 26.6 Å². The molecule has 0 bridgehead atoms. The van der Waals surface area contributed by atoms with Gasteiger partial charge >= 0.3 is 0 Å². The minimum absolute atomic E-state index is 0.108. The van der Waals surface area contributed by atoms with Crippen molar-refractivity contribution >= 4 is 27.8 Å². The van der Waals surface area contributed by atoms with Crippen molar-refractivity contribution in [2.24, 2.45) is 5.10 Å². The van der Waals surface area contributed by atoms with Crippen LogP contribution in [0.25, 0.3) is 0 Å². The number of amides is 1. The molecule has 206 valence electrons. The first kappa shape index (κ1) is 28.6. The van der Waals surface area contributed by atoms with E-state index in [-0.39, 0.29) is 4.90 Å². The van der Waals surface area contributed by atoms with Gasteiger partial charge in [-0.3, -0.25) is 9.10 Å². The van der Waals surface area contributed by atoms with Gasteiger partial charge in [-0.1, -0.05) is 74.0 Å². The van der Waals surface area contributed by atoms with Gasteiger partial charge in [-0.25, -0.2) is 13.8 Å². The van der Waals surface area contributed by atoms with Gasteiger partial charge in [-0.15, -0.1) is 0 Å². The molecule has 0 saturated carbocycles. The lowest BCUT2D eigenvalue weighted by molar-refractivity contribution is -0.119. The Balaban J connectivity index is 1.43. The second-order valence-electron chi connectivity index (χ2n) is 9.71. The summed E-state index contributed by atoms with van der Waals surface area (Å²) < 4.78 is 34.0. The van der Waals surface area contributed by atoms with E-state index in [2.05, 4.69) is 24.4 Å². The first-order valence-corrected chi connectivity index (χ1v) is 14.4. The number of carbonyl (C=O) groups is 1. The molecule has 0 aliphatic rings. The van der Waals surface area contributed by atoms with Crippen LogP contribution >= 0.6 is 0 Å². The van der Waals surface area contributed by atoms with Crippen molar-refractivity contribution in [1.82, 2.24) is 5.43 Å². The number of benzene rings is 4. The van der Waals surface area contributed by atoms with Crippen LogP contribution in [0.1, 0.15) is 42.0 Å². The number of sulfonamides is 1. The van der Waals surface area contributed by atoms with E-state index in [1.807, 2.05) is 73.7 Å². The highest BCUT2D eigenvalue weighted by molar-refractivity contribution is 7.92. The van der Waals surface area contributed by atoms with Crippen LogP contribution in [0.3, 0.4) is 0 Å². The van der Waals surface area contributed by atoms with Crippen LogP contribution in [0.5, 0.6) is 5.75 Å². The fraction of sp³-hybridized carbons (Fsp3) is 0.188. The molecule has 0 unspecified atom stereocenters. The van der Waals surface area contributed by atoms with Crippen molar-refractivity contribution in [3.63, 3.8) is 0 Å². The van der Waals surface area contributed by atoms with Gasteiger partial charge in [0.25, 0.3) is 15.9 Å². The zero-order valence-electron chi connectivity index (χ0n) is 22.8. The molecule has 0 spiro atoms. The lowest BCUT2D eigenvalue weighted by Gasteiger charge is -2.24. The third kappa shape index (κ3) is 7.57. The lowest BCUT2D eigenvalue weighted by Crippen LogP contribution is -2.39. The van der Waals surface area contributed by atoms with Crippen molar-refractivity contribution in [3.8, 4) is 5.75 Å². The van der Waals surface area contributed by atoms with Gasteiger partial charge in [0.2, 0.25) is 0 Å². The van der Waals surface area contributed by atoms with Gasteiger partial charge < -0.3 is 4.74 Å². The number of nitrogens with zero attached hydrogens (tertiary/aromatic N) is 2. The fourth-order valence-corrected chi connectivity index (χ4v) is 5.33. The molecule has 0 saturated heterocycles. The average Bonchev–Trinajstić information content (AvgIpc) is 2.96. The molecule has 7 nitrogen and oxygen atoms in total. The Hall–Kier alpha value is -4.43. The van der Waals surface area contributed by atoms with Gasteiger partial charge in [-0.05, 0) is 78.1 Å². The van der Waals surface area contributed by atoms with Gasteiger partial charge in [0.1, 0.15) is 18.9 Å². The van der Waals surface area contributed by atoms with E-state index in [0.29, 0.717) is 24.0 Å². The second-order valence-corrected chi connectivity index (χ2v) is 11.6. The van der Waals surface area contributed by atoms with Crippen molar-refractivity contribution in [2.75, 3.05) is 10.8 Å². The first-order valence-electron chi connectivity index (χ1n) is 13.0. The summed E-state index contributed by atoms with van der Waals surface area (Å²) in [6.07, 6.45) is 1.50. The molecule has 0 heterocycles. The number of nitrogens with one attached hydrogen (secondary N) is 1.